The van der Waals surface area contributed by atoms with Crippen molar-refractivity contribution in [2.75, 3.05) is 7.05 Å². The maximum Gasteiger partial charge on any atom is 0.433 e. The van der Waals surface area contributed by atoms with Crippen LogP contribution in [0, 0.1) is 0 Å². The standard InChI is InChI=1S/C18H18BrF3N6O/c1-3-27-8-11(19)14(24-27)9-26(2)17(29)13-7-16-23-12(10-4-5-10)6-15(18(20,21)22)28(16)25-13/h6-8,10H,3-5,9H2,1-2H3. The van der Waals surface area contributed by atoms with Gasteiger partial charge >= 0.3 is 6.18 Å². The summed E-state index contributed by atoms with van der Waals surface area (Å²) < 4.78 is 43.7. The van der Waals surface area contributed by atoms with E-state index in [1.54, 1.807) is 17.9 Å². The highest BCUT2D eigenvalue weighted by atomic mass is 79.9. The highest BCUT2D eigenvalue weighted by Crippen LogP contribution is 2.41. The van der Waals surface area contributed by atoms with Crippen LogP contribution in [0.25, 0.3) is 5.65 Å². The number of carbonyl (C=O) groups is 1. The summed E-state index contributed by atoms with van der Waals surface area (Å²) in [5.74, 6) is -0.460. The van der Waals surface area contributed by atoms with E-state index in [0.29, 0.717) is 22.4 Å². The average Bonchev–Trinajstić information content (AvgIpc) is 3.33. The van der Waals surface area contributed by atoms with Crippen LogP contribution in [0.5, 0.6) is 0 Å². The third kappa shape index (κ3) is 3.87. The Bertz CT molecular complexity index is 1090. The molecule has 0 spiro atoms. The number of carbonyl (C=O) groups excluding carboxylic acids is 1. The van der Waals surface area contributed by atoms with Crippen LogP contribution in [0.2, 0.25) is 0 Å². The van der Waals surface area contributed by atoms with Crippen LogP contribution in [0.4, 0.5) is 13.2 Å². The highest BCUT2D eigenvalue weighted by Gasteiger charge is 2.37. The molecule has 3 aromatic heterocycles. The number of fused-ring (bicyclic) bond motifs is 1. The Morgan fingerprint density at radius 3 is 2.62 bits per heavy atom. The lowest BCUT2D eigenvalue weighted by molar-refractivity contribution is -0.142. The molecule has 3 aromatic rings. The van der Waals surface area contributed by atoms with Gasteiger partial charge in [0.15, 0.2) is 11.3 Å². The van der Waals surface area contributed by atoms with Crippen molar-refractivity contribution in [2.45, 2.75) is 44.9 Å². The summed E-state index contributed by atoms with van der Waals surface area (Å²) in [5, 5.41) is 8.27. The summed E-state index contributed by atoms with van der Waals surface area (Å²) in [6.45, 7) is 2.81. The summed E-state index contributed by atoms with van der Waals surface area (Å²) in [6.07, 6.45) is -1.15. The van der Waals surface area contributed by atoms with E-state index >= 15 is 0 Å². The molecule has 0 radical (unpaired) electrons. The van der Waals surface area contributed by atoms with E-state index in [1.807, 2.05) is 6.92 Å². The van der Waals surface area contributed by atoms with Crippen molar-refractivity contribution in [3.8, 4) is 0 Å². The maximum atomic E-state index is 13.5. The number of nitrogens with zero attached hydrogens (tertiary/aromatic N) is 6. The topological polar surface area (TPSA) is 68.3 Å². The average molecular weight is 471 g/mol. The number of aromatic nitrogens is 5. The number of aryl methyl sites for hydroxylation is 1. The van der Waals surface area contributed by atoms with Crippen molar-refractivity contribution >= 4 is 27.5 Å². The number of rotatable bonds is 5. The minimum Gasteiger partial charge on any atom is -0.334 e. The fraction of sp³-hybridized carbons (Fsp3) is 0.444. The van der Waals surface area contributed by atoms with E-state index in [9.17, 15) is 18.0 Å². The first-order valence-corrected chi connectivity index (χ1v) is 9.92. The number of amides is 1. The van der Waals surface area contributed by atoms with Gasteiger partial charge in [0, 0.05) is 37.5 Å². The Labute approximate surface area is 172 Å². The number of halogens is 4. The molecule has 11 heteroatoms. The molecule has 7 nitrogen and oxygen atoms in total. The minimum absolute atomic E-state index is 0.0231. The summed E-state index contributed by atoms with van der Waals surface area (Å²) in [7, 11) is 1.55. The Balaban J connectivity index is 1.66. The lowest BCUT2D eigenvalue weighted by Gasteiger charge is -2.14. The Morgan fingerprint density at radius 1 is 1.31 bits per heavy atom. The molecule has 0 aliphatic heterocycles. The van der Waals surface area contributed by atoms with Crippen molar-refractivity contribution in [1.82, 2.24) is 29.3 Å². The van der Waals surface area contributed by atoms with E-state index in [4.69, 9.17) is 0 Å². The van der Waals surface area contributed by atoms with Crippen molar-refractivity contribution in [2.24, 2.45) is 0 Å². The Kier molecular flexibility index (Phi) is 4.88. The van der Waals surface area contributed by atoms with Crippen LogP contribution in [0.15, 0.2) is 22.8 Å². The molecule has 3 heterocycles. The molecule has 1 aliphatic carbocycles. The van der Waals surface area contributed by atoms with Crippen LogP contribution in [-0.4, -0.2) is 42.2 Å². The largest absolute Gasteiger partial charge is 0.433 e. The number of hydrogen-bond donors (Lipinski definition) is 0. The number of alkyl halides is 3. The van der Waals surface area contributed by atoms with E-state index in [-0.39, 0.29) is 23.8 Å². The number of hydrogen-bond acceptors (Lipinski definition) is 4. The Hall–Kier alpha value is -2.43. The van der Waals surface area contributed by atoms with Gasteiger partial charge in [-0.25, -0.2) is 9.50 Å². The van der Waals surface area contributed by atoms with Gasteiger partial charge in [-0.3, -0.25) is 9.48 Å². The van der Waals surface area contributed by atoms with Crippen molar-refractivity contribution in [3.63, 3.8) is 0 Å². The second kappa shape index (κ2) is 7.12. The first-order chi connectivity index (χ1) is 13.7. The van der Waals surface area contributed by atoms with Gasteiger partial charge in [-0.2, -0.15) is 23.4 Å². The molecule has 1 aliphatic rings. The predicted molar refractivity (Wildman–Crippen MR) is 101 cm³/mol. The van der Waals surface area contributed by atoms with Gasteiger partial charge in [0.1, 0.15) is 5.69 Å². The second-order valence-corrected chi connectivity index (χ2v) is 7.93. The fourth-order valence-electron chi connectivity index (χ4n) is 3.09. The highest BCUT2D eigenvalue weighted by molar-refractivity contribution is 9.10. The zero-order chi connectivity index (χ0) is 20.9. The van der Waals surface area contributed by atoms with Gasteiger partial charge in [-0.05, 0) is 41.8 Å². The van der Waals surface area contributed by atoms with Crippen molar-refractivity contribution < 1.29 is 18.0 Å². The fourth-order valence-corrected chi connectivity index (χ4v) is 3.53. The zero-order valence-corrected chi connectivity index (χ0v) is 17.3. The Morgan fingerprint density at radius 2 is 2.03 bits per heavy atom. The van der Waals surface area contributed by atoms with E-state index in [2.05, 4.69) is 31.1 Å². The van der Waals surface area contributed by atoms with E-state index in [0.717, 1.165) is 23.4 Å². The summed E-state index contributed by atoms with van der Waals surface area (Å²) in [6, 6.07) is 2.34. The maximum absolute atomic E-state index is 13.5. The van der Waals surface area contributed by atoms with Crippen molar-refractivity contribution in [3.05, 3.63) is 45.6 Å². The molecule has 0 aromatic carbocycles. The van der Waals surface area contributed by atoms with Crippen LogP contribution in [0.1, 0.15) is 53.3 Å². The first-order valence-electron chi connectivity index (χ1n) is 9.12. The van der Waals surface area contributed by atoms with Crippen LogP contribution < -0.4 is 0 Å². The van der Waals surface area contributed by atoms with Gasteiger partial charge in [-0.15, -0.1) is 0 Å². The monoisotopic (exact) mass is 470 g/mol. The molecule has 0 unspecified atom stereocenters. The summed E-state index contributed by atoms with van der Waals surface area (Å²) in [5.41, 5.74) is 0.0534. The molecule has 1 fully saturated rings. The molecule has 1 amide bonds. The van der Waals surface area contributed by atoms with Crippen LogP contribution in [0.3, 0.4) is 0 Å². The smallest absolute Gasteiger partial charge is 0.334 e. The summed E-state index contributed by atoms with van der Waals surface area (Å²) >= 11 is 3.40. The van der Waals surface area contributed by atoms with Gasteiger partial charge in [-0.1, -0.05) is 0 Å². The molecule has 4 rings (SSSR count). The second-order valence-electron chi connectivity index (χ2n) is 7.08. The lowest BCUT2D eigenvalue weighted by atomic mass is 10.2. The molecule has 0 saturated heterocycles. The lowest BCUT2D eigenvalue weighted by Crippen LogP contribution is -2.27. The molecule has 1 saturated carbocycles. The molecule has 0 N–H and O–H groups in total. The van der Waals surface area contributed by atoms with Crippen molar-refractivity contribution in [1.29, 1.82) is 0 Å². The minimum atomic E-state index is -4.60. The molecule has 29 heavy (non-hydrogen) atoms. The van der Waals surface area contributed by atoms with Gasteiger partial charge in [0.25, 0.3) is 5.91 Å². The zero-order valence-electron chi connectivity index (χ0n) is 15.7. The van der Waals surface area contributed by atoms with E-state index < -0.39 is 17.8 Å². The van der Waals surface area contributed by atoms with Gasteiger partial charge in [0.2, 0.25) is 0 Å². The molecule has 0 atom stereocenters. The quantitative estimate of drug-likeness (QED) is 0.567. The van der Waals surface area contributed by atoms with E-state index in [1.165, 1.54) is 11.0 Å². The predicted octanol–water partition coefficient (Wildman–Crippen LogP) is 3.88. The van der Waals surface area contributed by atoms with Gasteiger partial charge < -0.3 is 4.90 Å². The molecule has 0 bridgehead atoms. The molecule has 154 valence electrons. The van der Waals surface area contributed by atoms with Crippen LogP contribution in [-0.2, 0) is 19.3 Å². The molecular formula is C18H18BrF3N6O. The van der Waals surface area contributed by atoms with Crippen LogP contribution >= 0.6 is 15.9 Å². The molecular weight excluding hydrogens is 453 g/mol. The first kappa shape index (κ1) is 19.9. The van der Waals surface area contributed by atoms with Gasteiger partial charge in [0.05, 0.1) is 16.7 Å². The SMILES string of the molecule is CCn1cc(Br)c(CN(C)C(=O)c2cc3nc(C4CC4)cc(C(F)(F)F)n3n2)n1. The third-order valence-corrected chi connectivity index (χ3v) is 5.46. The third-order valence-electron chi connectivity index (χ3n) is 4.80. The normalized spacial score (nSPS) is 14.6. The summed E-state index contributed by atoms with van der Waals surface area (Å²) in [4.78, 5) is 18.4.